The zero-order chi connectivity index (χ0) is 24.6. The third-order valence-electron chi connectivity index (χ3n) is 6.30. The number of aliphatic hydroxyl groups excluding tert-OH is 1. The van der Waals surface area contributed by atoms with Crippen LogP contribution in [0, 0.1) is 5.41 Å². The van der Waals surface area contributed by atoms with Crippen molar-refractivity contribution >= 4 is 17.6 Å². The molecule has 2 N–H and O–H groups in total. The largest absolute Gasteiger partial charge is 0.391 e. The van der Waals surface area contributed by atoms with Crippen molar-refractivity contribution in [1.29, 1.82) is 0 Å². The molecule has 1 aliphatic heterocycles. The second kappa shape index (κ2) is 9.28. The molecule has 2 aromatic rings. The van der Waals surface area contributed by atoms with E-state index in [2.05, 4.69) is 25.6 Å². The molecule has 0 aromatic carbocycles. The molecule has 1 saturated carbocycles. The number of β-amino-alcohol motifs (C(OH)–C–C–N with tert-alkyl or cyclic N) is 1. The van der Waals surface area contributed by atoms with Crippen molar-refractivity contribution in [1.82, 2.24) is 35.2 Å². The Morgan fingerprint density at radius 1 is 1.24 bits per heavy atom. The second-order valence-corrected chi connectivity index (χ2v) is 10.5. The summed E-state index contributed by atoms with van der Waals surface area (Å²) in [6.45, 7) is 6.18. The van der Waals surface area contributed by atoms with Gasteiger partial charge in [-0.3, -0.25) is 14.6 Å². The van der Waals surface area contributed by atoms with E-state index in [0.717, 1.165) is 24.4 Å². The van der Waals surface area contributed by atoms with Crippen molar-refractivity contribution in [3.05, 3.63) is 30.0 Å². The zero-order valence-corrected chi connectivity index (χ0v) is 20.5. The van der Waals surface area contributed by atoms with Gasteiger partial charge in [-0.25, -0.2) is 9.67 Å². The van der Waals surface area contributed by atoms with Crippen LogP contribution in [-0.4, -0.2) is 79.6 Å². The number of likely N-dealkylation sites (tertiary alicyclic amines) is 1. The normalized spacial score (nSPS) is 21.4. The summed E-state index contributed by atoms with van der Waals surface area (Å²) in [4.78, 5) is 38.7. The number of hydrogen-bond donors (Lipinski definition) is 2. The van der Waals surface area contributed by atoms with E-state index in [9.17, 15) is 14.7 Å². The van der Waals surface area contributed by atoms with Crippen LogP contribution in [0.2, 0.25) is 0 Å². The minimum atomic E-state index is -0.771. The highest BCUT2D eigenvalue weighted by molar-refractivity contribution is 5.90. The first-order valence-electron chi connectivity index (χ1n) is 11.7. The number of aliphatic hydroxyl groups is 1. The number of carbonyl (C=O) groups is 2. The molecular formula is C23H34N8O3. The lowest BCUT2D eigenvalue weighted by atomic mass is 9.85. The summed E-state index contributed by atoms with van der Waals surface area (Å²) in [5.74, 6) is 0.573. The molecule has 1 aliphatic carbocycles. The Balaban J connectivity index is 1.48. The minimum Gasteiger partial charge on any atom is -0.391 e. The van der Waals surface area contributed by atoms with Gasteiger partial charge in [-0.1, -0.05) is 26.0 Å². The average Bonchev–Trinajstić information content (AvgIpc) is 3.38. The van der Waals surface area contributed by atoms with Gasteiger partial charge in [-0.2, -0.15) is 0 Å². The number of anilines is 1. The molecule has 2 amide bonds. The van der Waals surface area contributed by atoms with Crippen LogP contribution in [0.3, 0.4) is 0 Å². The lowest BCUT2D eigenvalue weighted by Gasteiger charge is -2.34. The van der Waals surface area contributed by atoms with Gasteiger partial charge in [0, 0.05) is 39.2 Å². The van der Waals surface area contributed by atoms with Crippen molar-refractivity contribution < 1.29 is 14.7 Å². The molecule has 4 rings (SSSR count). The Morgan fingerprint density at radius 3 is 2.56 bits per heavy atom. The molecular weight excluding hydrogens is 436 g/mol. The van der Waals surface area contributed by atoms with Gasteiger partial charge in [0.1, 0.15) is 17.9 Å². The molecule has 0 spiro atoms. The predicted octanol–water partition coefficient (Wildman–Crippen LogP) is 0.877. The van der Waals surface area contributed by atoms with E-state index in [1.807, 2.05) is 46.0 Å². The van der Waals surface area contributed by atoms with Crippen LogP contribution in [0.1, 0.15) is 63.4 Å². The van der Waals surface area contributed by atoms with E-state index in [0.29, 0.717) is 11.6 Å². The Labute approximate surface area is 199 Å². The highest BCUT2D eigenvalue weighted by Crippen LogP contribution is 2.40. The van der Waals surface area contributed by atoms with Crippen LogP contribution in [-0.2, 0) is 16.1 Å². The van der Waals surface area contributed by atoms with Crippen molar-refractivity contribution in [2.75, 3.05) is 25.5 Å². The predicted molar refractivity (Wildman–Crippen MR) is 125 cm³/mol. The number of carbonyl (C=O) groups excluding carboxylic acids is 2. The molecule has 184 valence electrons. The molecule has 2 aliphatic rings. The average molecular weight is 471 g/mol. The van der Waals surface area contributed by atoms with Gasteiger partial charge in [0.15, 0.2) is 0 Å². The summed E-state index contributed by atoms with van der Waals surface area (Å²) in [6.07, 6.45) is 6.70. The van der Waals surface area contributed by atoms with Crippen LogP contribution in [0.15, 0.2) is 18.6 Å². The summed E-state index contributed by atoms with van der Waals surface area (Å²) in [5, 5.41) is 21.7. The molecule has 2 fully saturated rings. The summed E-state index contributed by atoms with van der Waals surface area (Å²) in [5.41, 5.74) is 1.04. The van der Waals surface area contributed by atoms with Gasteiger partial charge >= 0.3 is 0 Å². The Bertz CT molecular complexity index is 1030. The molecule has 3 atom stereocenters. The van der Waals surface area contributed by atoms with Gasteiger partial charge < -0.3 is 20.2 Å². The molecule has 0 unspecified atom stereocenters. The maximum Gasteiger partial charge on any atom is 0.248 e. The van der Waals surface area contributed by atoms with Crippen molar-refractivity contribution in [3.63, 3.8) is 0 Å². The van der Waals surface area contributed by atoms with Crippen LogP contribution in [0.25, 0.3) is 0 Å². The van der Waals surface area contributed by atoms with Gasteiger partial charge in [0.2, 0.25) is 11.8 Å². The van der Waals surface area contributed by atoms with Gasteiger partial charge in [-0.15, -0.1) is 5.10 Å². The highest BCUT2D eigenvalue weighted by Gasteiger charge is 2.45. The number of nitrogens with one attached hydrogen (secondary N) is 1. The number of aromatic nitrogens is 5. The quantitative estimate of drug-likeness (QED) is 0.610. The lowest BCUT2D eigenvalue weighted by Crippen LogP contribution is -2.50. The van der Waals surface area contributed by atoms with Gasteiger partial charge in [0.05, 0.1) is 36.4 Å². The molecule has 11 heteroatoms. The van der Waals surface area contributed by atoms with Crippen LogP contribution < -0.4 is 10.2 Å². The smallest absolute Gasteiger partial charge is 0.248 e. The molecule has 2 aromatic heterocycles. The maximum absolute atomic E-state index is 13.7. The summed E-state index contributed by atoms with van der Waals surface area (Å²) in [6, 6.07) is -1.41. The van der Waals surface area contributed by atoms with E-state index in [-0.39, 0.29) is 31.3 Å². The molecule has 0 radical (unpaired) electrons. The van der Waals surface area contributed by atoms with Crippen molar-refractivity contribution in [2.24, 2.45) is 5.41 Å². The summed E-state index contributed by atoms with van der Waals surface area (Å²) < 4.78 is 1.62. The fourth-order valence-electron chi connectivity index (χ4n) is 4.29. The first-order chi connectivity index (χ1) is 16.0. The number of hydrogen-bond acceptors (Lipinski definition) is 8. The fraction of sp³-hybridized carbons (Fsp3) is 0.652. The van der Waals surface area contributed by atoms with E-state index in [4.69, 9.17) is 0 Å². The first-order valence-corrected chi connectivity index (χ1v) is 11.7. The number of rotatable bonds is 7. The van der Waals surface area contributed by atoms with Crippen LogP contribution in [0.4, 0.5) is 5.82 Å². The van der Waals surface area contributed by atoms with Crippen molar-refractivity contribution in [3.8, 4) is 0 Å². The monoisotopic (exact) mass is 470 g/mol. The first kappa shape index (κ1) is 24.1. The third-order valence-corrected chi connectivity index (χ3v) is 6.30. The molecule has 3 heterocycles. The lowest BCUT2D eigenvalue weighted by molar-refractivity contribution is -0.144. The maximum atomic E-state index is 13.7. The fourth-order valence-corrected chi connectivity index (χ4v) is 4.29. The third kappa shape index (κ3) is 5.19. The highest BCUT2D eigenvalue weighted by atomic mass is 16.3. The summed E-state index contributed by atoms with van der Waals surface area (Å²) >= 11 is 0. The van der Waals surface area contributed by atoms with E-state index in [1.54, 1.807) is 17.1 Å². The molecule has 0 bridgehead atoms. The Morgan fingerprint density at radius 2 is 1.97 bits per heavy atom. The number of amides is 2. The topological polar surface area (TPSA) is 129 Å². The second-order valence-electron chi connectivity index (χ2n) is 10.5. The van der Waals surface area contributed by atoms with E-state index >= 15 is 0 Å². The molecule has 34 heavy (non-hydrogen) atoms. The minimum absolute atomic E-state index is 0.102. The zero-order valence-electron chi connectivity index (χ0n) is 20.5. The standard InChI is InChI=1S/C23H34N8O3/c1-23(2,3)20(31-13-17(27-28-31)14-6-7-14)22(34)30-12-16(32)8-18(30)21(33)26-10-15-9-25-19(11-24-15)29(4)5/h9,11,13-14,16,18,20,32H,6-8,10,12H2,1-5H3,(H,26,33)/t16-,18+,20-/m1/s1. The van der Waals surface area contributed by atoms with Crippen LogP contribution >= 0.6 is 0 Å². The SMILES string of the molecule is CN(C)c1cnc(CNC(=O)[C@@H]2C[C@@H](O)CN2C(=O)[C@@H](n2cc(C3CC3)nn2)C(C)(C)C)cn1. The van der Waals surface area contributed by atoms with E-state index in [1.165, 1.54) is 4.90 Å². The Hall–Kier alpha value is -3.08. The molecule has 11 nitrogen and oxygen atoms in total. The van der Waals surface area contributed by atoms with E-state index < -0.39 is 23.6 Å². The number of nitrogens with zero attached hydrogens (tertiary/aromatic N) is 7. The molecule has 1 saturated heterocycles. The van der Waals surface area contributed by atoms with Gasteiger partial charge in [0.25, 0.3) is 0 Å². The van der Waals surface area contributed by atoms with Crippen molar-refractivity contribution in [2.45, 2.75) is 70.7 Å². The summed E-state index contributed by atoms with van der Waals surface area (Å²) in [7, 11) is 3.75. The van der Waals surface area contributed by atoms with Crippen LogP contribution in [0.5, 0.6) is 0 Å². The Kier molecular flexibility index (Phi) is 6.57. The van der Waals surface area contributed by atoms with Gasteiger partial charge in [-0.05, 0) is 18.3 Å².